The molecule has 0 N–H and O–H groups in total. The van der Waals surface area contributed by atoms with Gasteiger partial charge in [-0.15, -0.1) is 11.6 Å². The normalized spacial score (nSPS) is 13.2. The molecular weight excluding hydrogens is 263 g/mol. The summed E-state index contributed by atoms with van der Waals surface area (Å²) in [6.07, 6.45) is 1.81. The van der Waals surface area contributed by atoms with E-state index in [-0.39, 0.29) is 0 Å². The predicted molar refractivity (Wildman–Crippen MR) is 63.6 cm³/mol. The van der Waals surface area contributed by atoms with Crippen LogP contribution in [0.1, 0.15) is 12.6 Å². The van der Waals surface area contributed by atoms with E-state index in [1.54, 1.807) is 0 Å². The second-order valence-corrected chi connectivity index (χ2v) is 4.61. The predicted octanol–water partition coefficient (Wildman–Crippen LogP) is 2.90. The average molecular weight is 278 g/mol. The SMILES string of the molecule is CC(CCl)N(C)Cc1ccc(Br)cn1. The number of hydrogen-bond acceptors (Lipinski definition) is 2. The van der Waals surface area contributed by atoms with Gasteiger partial charge in [-0.2, -0.15) is 0 Å². The zero-order valence-electron chi connectivity index (χ0n) is 8.37. The zero-order valence-corrected chi connectivity index (χ0v) is 10.7. The Hall–Kier alpha value is -0.120. The summed E-state index contributed by atoms with van der Waals surface area (Å²) in [5.74, 6) is 0.646. The molecule has 1 aromatic rings. The lowest BCUT2D eigenvalue weighted by Gasteiger charge is -2.21. The Morgan fingerprint density at radius 1 is 1.57 bits per heavy atom. The fourth-order valence-corrected chi connectivity index (χ4v) is 1.50. The summed E-state index contributed by atoms with van der Waals surface area (Å²) in [4.78, 5) is 6.49. The third-order valence-corrected chi connectivity index (χ3v) is 3.09. The van der Waals surface area contributed by atoms with Crippen LogP contribution < -0.4 is 0 Å². The molecule has 2 nitrogen and oxygen atoms in total. The molecule has 0 radical (unpaired) electrons. The van der Waals surface area contributed by atoms with Crippen molar-refractivity contribution in [1.29, 1.82) is 0 Å². The molecule has 0 amide bonds. The Kier molecular flexibility index (Phi) is 4.85. The minimum absolute atomic E-state index is 0.377. The monoisotopic (exact) mass is 276 g/mol. The number of rotatable bonds is 4. The molecule has 0 aromatic carbocycles. The first-order valence-corrected chi connectivity index (χ1v) is 5.83. The van der Waals surface area contributed by atoms with E-state index in [1.807, 2.05) is 18.3 Å². The highest BCUT2D eigenvalue weighted by Gasteiger charge is 2.08. The molecule has 1 rings (SSSR count). The number of halogens is 2. The highest BCUT2D eigenvalue weighted by molar-refractivity contribution is 9.10. The highest BCUT2D eigenvalue weighted by atomic mass is 79.9. The van der Waals surface area contributed by atoms with Crippen LogP contribution in [0.2, 0.25) is 0 Å². The van der Waals surface area contributed by atoms with E-state index >= 15 is 0 Å². The lowest BCUT2D eigenvalue weighted by molar-refractivity contribution is 0.265. The van der Waals surface area contributed by atoms with Crippen molar-refractivity contribution in [2.24, 2.45) is 0 Å². The van der Waals surface area contributed by atoms with Gasteiger partial charge in [0, 0.05) is 29.1 Å². The molecular formula is C10H14BrClN2. The molecule has 14 heavy (non-hydrogen) atoms. The molecule has 0 aliphatic heterocycles. The van der Waals surface area contributed by atoms with Crippen molar-refractivity contribution in [3.63, 3.8) is 0 Å². The largest absolute Gasteiger partial charge is 0.297 e. The zero-order chi connectivity index (χ0) is 10.6. The lowest BCUT2D eigenvalue weighted by Crippen LogP contribution is -2.30. The van der Waals surface area contributed by atoms with E-state index in [0.717, 1.165) is 16.7 Å². The van der Waals surface area contributed by atoms with Crippen LogP contribution in [0.25, 0.3) is 0 Å². The van der Waals surface area contributed by atoms with Crippen LogP contribution in [0, 0.1) is 0 Å². The smallest absolute Gasteiger partial charge is 0.0544 e. The molecule has 0 fully saturated rings. The maximum atomic E-state index is 5.77. The summed E-state index contributed by atoms with van der Waals surface area (Å²) < 4.78 is 1.01. The Morgan fingerprint density at radius 2 is 2.29 bits per heavy atom. The summed E-state index contributed by atoms with van der Waals surface area (Å²) in [6, 6.07) is 4.39. The molecule has 4 heteroatoms. The number of aromatic nitrogens is 1. The van der Waals surface area contributed by atoms with E-state index < -0.39 is 0 Å². The number of hydrogen-bond donors (Lipinski definition) is 0. The van der Waals surface area contributed by atoms with Crippen LogP contribution in [0.4, 0.5) is 0 Å². The van der Waals surface area contributed by atoms with Gasteiger partial charge in [-0.3, -0.25) is 9.88 Å². The van der Waals surface area contributed by atoms with Gasteiger partial charge in [0.25, 0.3) is 0 Å². The van der Waals surface area contributed by atoms with Crippen LogP contribution >= 0.6 is 27.5 Å². The Morgan fingerprint density at radius 3 is 2.79 bits per heavy atom. The number of nitrogens with zero attached hydrogens (tertiary/aromatic N) is 2. The van der Waals surface area contributed by atoms with Crippen molar-refractivity contribution < 1.29 is 0 Å². The van der Waals surface area contributed by atoms with Crippen molar-refractivity contribution in [1.82, 2.24) is 9.88 Å². The second-order valence-electron chi connectivity index (χ2n) is 3.39. The Balaban J connectivity index is 2.56. The Labute approximate surface area is 98.4 Å². The van der Waals surface area contributed by atoms with Crippen LogP contribution in [0.5, 0.6) is 0 Å². The lowest BCUT2D eigenvalue weighted by atomic mass is 10.3. The van der Waals surface area contributed by atoms with Crippen molar-refractivity contribution in [3.8, 4) is 0 Å². The number of alkyl halides is 1. The minimum Gasteiger partial charge on any atom is -0.297 e. The van der Waals surface area contributed by atoms with E-state index in [4.69, 9.17) is 11.6 Å². The molecule has 1 unspecified atom stereocenters. The van der Waals surface area contributed by atoms with Crippen LogP contribution in [0.3, 0.4) is 0 Å². The average Bonchev–Trinajstić information content (AvgIpc) is 2.20. The summed E-state index contributed by atoms with van der Waals surface area (Å²) in [7, 11) is 2.05. The van der Waals surface area contributed by atoms with Gasteiger partial charge < -0.3 is 0 Å². The maximum absolute atomic E-state index is 5.77. The third-order valence-electron chi connectivity index (χ3n) is 2.18. The van der Waals surface area contributed by atoms with Gasteiger partial charge in [-0.05, 0) is 42.0 Å². The van der Waals surface area contributed by atoms with Crippen molar-refractivity contribution in [2.75, 3.05) is 12.9 Å². The van der Waals surface area contributed by atoms with Crippen LogP contribution in [0.15, 0.2) is 22.8 Å². The molecule has 0 saturated carbocycles. The van der Waals surface area contributed by atoms with Gasteiger partial charge in [-0.25, -0.2) is 0 Å². The molecule has 1 aromatic heterocycles. The van der Waals surface area contributed by atoms with Crippen molar-refractivity contribution >= 4 is 27.5 Å². The Bertz CT molecular complexity index is 276. The van der Waals surface area contributed by atoms with Crippen molar-refractivity contribution in [3.05, 3.63) is 28.5 Å². The van der Waals surface area contributed by atoms with Gasteiger partial charge >= 0.3 is 0 Å². The van der Waals surface area contributed by atoms with Gasteiger partial charge in [0.05, 0.1) is 5.69 Å². The minimum atomic E-state index is 0.377. The first kappa shape index (κ1) is 12.0. The van der Waals surface area contributed by atoms with Gasteiger partial charge in [-0.1, -0.05) is 0 Å². The molecule has 1 atom stereocenters. The van der Waals surface area contributed by atoms with Gasteiger partial charge in [0.1, 0.15) is 0 Å². The first-order chi connectivity index (χ1) is 6.63. The molecule has 0 aliphatic carbocycles. The fraction of sp³-hybridized carbons (Fsp3) is 0.500. The van der Waals surface area contributed by atoms with E-state index in [2.05, 4.69) is 39.8 Å². The summed E-state index contributed by atoms with van der Waals surface area (Å²) in [5.41, 5.74) is 1.06. The summed E-state index contributed by atoms with van der Waals surface area (Å²) in [5, 5.41) is 0. The van der Waals surface area contributed by atoms with Crippen molar-refractivity contribution in [2.45, 2.75) is 19.5 Å². The molecule has 0 spiro atoms. The quantitative estimate of drug-likeness (QED) is 0.787. The maximum Gasteiger partial charge on any atom is 0.0544 e. The molecule has 78 valence electrons. The first-order valence-electron chi connectivity index (χ1n) is 4.50. The summed E-state index contributed by atoms with van der Waals surface area (Å²) >= 11 is 9.13. The van der Waals surface area contributed by atoms with Crippen LogP contribution in [-0.4, -0.2) is 28.9 Å². The van der Waals surface area contributed by atoms with Gasteiger partial charge in [0.15, 0.2) is 0 Å². The molecule has 0 aliphatic rings. The second kappa shape index (κ2) is 5.69. The molecule has 1 heterocycles. The summed E-state index contributed by atoms with van der Waals surface area (Å²) in [6.45, 7) is 2.94. The molecule has 0 saturated heterocycles. The topological polar surface area (TPSA) is 16.1 Å². The standard InChI is InChI=1S/C10H14BrClN2/c1-8(5-12)14(2)7-10-4-3-9(11)6-13-10/h3-4,6,8H,5,7H2,1-2H3. The fourth-order valence-electron chi connectivity index (χ4n) is 1.03. The van der Waals surface area contributed by atoms with E-state index in [1.165, 1.54) is 0 Å². The highest BCUT2D eigenvalue weighted by Crippen LogP contribution is 2.10. The van der Waals surface area contributed by atoms with Gasteiger partial charge in [0.2, 0.25) is 0 Å². The third kappa shape index (κ3) is 3.56. The van der Waals surface area contributed by atoms with E-state index in [0.29, 0.717) is 11.9 Å². The van der Waals surface area contributed by atoms with Crippen LogP contribution in [-0.2, 0) is 6.54 Å². The number of pyridine rings is 1. The van der Waals surface area contributed by atoms with E-state index in [9.17, 15) is 0 Å². The molecule has 0 bridgehead atoms.